The molecule has 2 N–H and O–H groups in total. The van der Waals surface area contributed by atoms with Gasteiger partial charge >= 0.3 is 0 Å². The molecule has 0 aliphatic rings. The molecule has 1 amide bonds. The zero-order valence-electron chi connectivity index (χ0n) is 8.88. The Morgan fingerprint density at radius 1 is 1.56 bits per heavy atom. The third kappa shape index (κ3) is 3.71. The van der Waals surface area contributed by atoms with Gasteiger partial charge in [0.05, 0.1) is 18.7 Å². The molecular weight excluding hydrogens is 209 g/mol. The fraction of sp³-hybridized carbons (Fsp3) is 0.250. The number of hydrogen-bond acceptors (Lipinski definition) is 2. The van der Waals surface area contributed by atoms with Gasteiger partial charge in [0, 0.05) is 6.92 Å². The number of nitrogens with one attached hydrogen (secondary N) is 1. The van der Waals surface area contributed by atoms with E-state index in [-0.39, 0.29) is 24.6 Å². The predicted octanol–water partition coefficient (Wildman–Crippen LogP) is 0.806. The van der Waals surface area contributed by atoms with Crippen LogP contribution in [0.15, 0.2) is 18.2 Å². The van der Waals surface area contributed by atoms with E-state index in [1.165, 1.54) is 19.1 Å². The van der Waals surface area contributed by atoms with Gasteiger partial charge in [0.1, 0.15) is 5.82 Å². The SMILES string of the molecule is CC(=O)NCC#Cc1ccc(CO)cc1F. The van der Waals surface area contributed by atoms with E-state index in [0.29, 0.717) is 5.56 Å². The second-order valence-electron chi connectivity index (χ2n) is 3.18. The van der Waals surface area contributed by atoms with Crippen LogP contribution in [0, 0.1) is 17.7 Å². The molecule has 0 bridgehead atoms. The van der Waals surface area contributed by atoms with E-state index in [1.807, 2.05) is 0 Å². The summed E-state index contributed by atoms with van der Waals surface area (Å²) in [5, 5.41) is 11.3. The van der Waals surface area contributed by atoms with E-state index < -0.39 is 5.82 Å². The van der Waals surface area contributed by atoms with Crippen molar-refractivity contribution >= 4 is 5.91 Å². The van der Waals surface area contributed by atoms with Crippen LogP contribution in [0.25, 0.3) is 0 Å². The number of rotatable bonds is 2. The van der Waals surface area contributed by atoms with Crippen LogP contribution in [-0.4, -0.2) is 17.6 Å². The fourth-order valence-electron chi connectivity index (χ4n) is 1.07. The summed E-state index contributed by atoms with van der Waals surface area (Å²) < 4.78 is 13.3. The Balaban J connectivity index is 2.70. The maximum absolute atomic E-state index is 13.3. The Morgan fingerprint density at radius 3 is 2.88 bits per heavy atom. The minimum Gasteiger partial charge on any atom is -0.392 e. The summed E-state index contributed by atoms with van der Waals surface area (Å²) >= 11 is 0. The van der Waals surface area contributed by atoms with Crippen molar-refractivity contribution in [2.45, 2.75) is 13.5 Å². The quantitative estimate of drug-likeness (QED) is 0.726. The minimum absolute atomic E-state index is 0.176. The van der Waals surface area contributed by atoms with Crippen molar-refractivity contribution < 1.29 is 14.3 Å². The van der Waals surface area contributed by atoms with Gasteiger partial charge in [-0.15, -0.1) is 0 Å². The highest BCUT2D eigenvalue weighted by molar-refractivity contribution is 5.73. The summed E-state index contributed by atoms with van der Waals surface area (Å²) in [5.74, 6) is 4.58. The predicted molar refractivity (Wildman–Crippen MR) is 57.9 cm³/mol. The number of carbonyl (C=O) groups is 1. The lowest BCUT2D eigenvalue weighted by molar-refractivity contribution is -0.118. The second-order valence-corrected chi connectivity index (χ2v) is 3.18. The molecule has 16 heavy (non-hydrogen) atoms. The fourth-order valence-corrected chi connectivity index (χ4v) is 1.07. The largest absolute Gasteiger partial charge is 0.392 e. The maximum atomic E-state index is 13.3. The van der Waals surface area contributed by atoms with Gasteiger partial charge in [0.25, 0.3) is 0 Å². The molecule has 1 aromatic rings. The van der Waals surface area contributed by atoms with Crippen molar-refractivity contribution in [1.82, 2.24) is 5.32 Å². The van der Waals surface area contributed by atoms with E-state index in [1.54, 1.807) is 6.07 Å². The number of hydrogen-bond donors (Lipinski definition) is 2. The minimum atomic E-state index is -0.470. The summed E-state index contributed by atoms with van der Waals surface area (Å²) in [4.78, 5) is 10.5. The average molecular weight is 221 g/mol. The Hall–Kier alpha value is -1.86. The lowest BCUT2D eigenvalue weighted by atomic mass is 10.1. The summed E-state index contributed by atoms with van der Waals surface area (Å²) in [7, 11) is 0. The molecule has 0 heterocycles. The lowest BCUT2D eigenvalue weighted by Gasteiger charge is -1.98. The van der Waals surface area contributed by atoms with E-state index >= 15 is 0 Å². The van der Waals surface area contributed by atoms with Crippen LogP contribution in [0.4, 0.5) is 4.39 Å². The Morgan fingerprint density at radius 2 is 2.31 bits per heavy atom. The van der Waals surface area contributed by atoms with Gasteiger partial charge in [-0.2, -0.15) is 0 Å². The Kier molecular flexibility index (Phi) is 4.49. The van der Waals surface area contributed by atoms with Gasteiger partial charge < -0.3 is 10.4 Å². The monoisotopic (exact) mass is 221 g/mol. The summed E-state index contributed by atoms with van der Waals surface area (Å²) in [5.41, 5.74) is 0.757. The first kappa shape index (κ1) is 12.2. The van der Waals surface area contributed by atoms with Crippen LogP contribution in [0.5, 0.6) is 0 Å². The first-order valence-electron chi connectivity index (χ1n) is 4.76. The summed E-state index contributed by atoms with van der Waals surface area (Å²) in [6.07, 6.45) is 0. The van der Waals surface area contributed by atoms with Crippen LogP contribution in [0.2, 0.25) is 0 Å². The third-order valence-electron chi connectivity index (χ3n) is 1.86. The van der Waals surface area contributed by atoms with E-state index in [4.69, 9.17) is 5.11 Å². The van der Waals surface area contributed by atoms with Crippen LogP contribution in [-0.2, 0) is 11.4 Å². The number of halogens is 1. The molecule has 3 nitrogen and oxygen atoms in total. The molecule has 4 heteroatoms. The number of aliphatic hydroxyl groups excluding tert-OH is 1. The second kappa shape index (κ2) is 5.89. The van der Waals surface area contributed by atoms with E-state index in [2.05, 4.69) is 17.2 Å². The highest BCUT2D eigenvalue weighted by Crippen LogP contribution is 2.09. The molecule has 1 aromatic carbocycles. The topological polar surface area (TPSA) is 49.3 Å². The molecule has 0 fully saturated rings. The molecule has 0 aliphatic carbocycles. The van der Waals surface area contributed by atoms with Gasteiger partial charge in [-0.25, -0.2) is 4.39 Å². The zero-order valence-corrected chi connectivity index (χ0v) is 8.88. The molecule has 0 saturated heterocycles. The van der Waals surface area contributed by atoms with Crippen molar-refractivity contribution in [2.24, 2.45) is 0 Å². The zero-order chi connectivity index (χ0) is 12.0. The highest BCUT2D eigenvalue weighted by Gasteiger charge is 1.99. The van der Waals surface area contributed by atoms with E-state index in [9.17, 15) is 9.18 Å². The number of carbonyl (C=O) groups excluding carboxylic acids is 1. The number of benzene rings is 1. The van der Waals surface area contributed by atoms with E-state index in [0.717, 1.165) is 0 Å². The molecule has 0 radical (unpaired) electrons. The van der Waals surface area contributed by atoms with Crippen LogP contribution in [0.3, 0.4) is 0 Å². The van der Waals surface area contributed by atoms with Crippen LogP contribution < -0.4 is 5.32 Å². The van der Waals surface area contributed by atoms with Crippen molar-refractivity contribution in [1.29, 1.82) is 0 Å². The van der Waals surface area contributed by atoms with Gasteiger partial charge in [0.15, 0.2) is 0 Å². The molecular formula is C12H12FNO2. The molecule has 0 aliphatic heterocycles. The average Bonchev–Trinajstić information content (AvgIpc) is 2.25. The van der Waals surface area contributed by atoms with Gasteiger partial charge in [0.2, 0.25) is 5.91 Å². The lowest BCUT2D eigenvalue weighted by Crippen LogP contribution is -2.19. The molecule has 1 rings (SSSR count). The molecule has 0 saturated carbocycles. The standard InChI is InChI=1S/C12H12FNO2/c1-9(16)14-6-2-3-11-5-4-10(8-15)7-12(11)13/h4-5,7,15H,6,8H2,1H3,(H,14,16). The van der Waals surface area contributed by atoms with Crippen molar-refractivity contribution in [3.8, 4) is 11.8 Å². The third-order valence-corrected chi connectivity index (χ3v) is 1.86. The smallest absolute Gasteiger partial charge is 0.217 e. The molecule has 0 unspecified atom stereocenters. The molecule has 0 atom stereocenters. The van der Waals surface area contributed by atoms with Gasteiger partial charge in [-0.3, -0.25) is 4.79 Å². The molecule has 0 aromatic heterocycles. The van der Waals surface area contributed by atoms with Crippen LogP contribution >= 0.6 is 0 Å². The number of amides is 1. The molecule has 84 valence electrons. The van der Waals surface area contributed by atoms with Crippen molar-refractivity contribution in [3.63, 3.8) is 0 Å². The Bertz CT molecular complexity index is 446. The highest BCUT2D eigenvalue weighted by atomic mass is 19.1. The van der Waals surface area contributed by atoms with Crippen LogP contribution in [0.1, 0.15) is 18.1 Å². The van der Waals surface area contributed by atoms with Crippen molar-refractivity contribution in [3.05, 3.63) is 35.1 Å². The maximum Gasteiger partial charge on any atom is 0.217 e. The van der Waals surface area contributed by atoms with Gasteiger partial charge in [-0.1, -0.05) is 17.9 Å². The number of aliphatic hydroxyl groups is 1. The first-order valence-corrected chi connectivity index (χ1v) is 4.76. The Labute approximate surface area is 93.3 Å². The van der Waals surface area contributed by atoms with Crippen molar-refractivity contribution in [2.75, 3.05) is 6.54 Å². The summed E-state index contributed by atoms with van der Waals surface area (Å²) in [6.45, 7) is 1.38. The molecule has 0 spiro atoms. The first-order chi connectivity index (χ1) is 7.63. The normalized spacial score (nSPS) is 9.19. The van der Waals surface area contributed by atoms with Gasteiger partial charge in [-0.05, 0) is 17.7 Å². The summed E-state index contributed by atoms with van der Waals surface area (Å²) in [6, 6.07) is 4.34.